The summed E-state index contributed by atoms with van der Waals surface area (Å²) in [5.74, 6) is -0.168. The van der Waals surface area contributed by atoms with Crippen LogP contribution in [0.15, 0.2) is 22.7 Å². The van der Waals surface area contributed by atoms with Crippen LogP contribution in [0.1, 0.15) is 32.8 Å². The highest BCUT2D eigenvalue weighted by atomic mass is 79.9. The first-order valence-corrected chi connectivity index (χ1v) is 7.34. The predicted molar refractivity (Wildman–Crippen MR) is 84.6 cm³/mol. The van der Waals surface area contributed by atoms with Crippen molar-refractivity contribution in [1.29, 1.82) is 0 Å². The van der Waals surface area contributed by atoms with Gasteiger partial charge < -0.3 is 10.6 Å². The van der Waals surface area contributed by atoms with Crippen LogP contribution >= 0.6 is 15.9 Å². The summed E-state index contributed by atoms with van der Waals surface area (Å²) in [6.07, 6.45) is 0.257. The van der Waals surface area contributed by atoms with Crippen LogP contribution in [0.4, 0.5) is 5.69 Å². The van der Waals surface area contributed by atoms with Crippen LogP contribution in [0.3, 0.4) is 0 Å². The van der Waals surface area contributed by atoms with Gasteiger partial charge in [-0.05, 0) is 24.6 Å². The Labute approximate surface area is 128 Å². The van der Waals surface area contributed by atoms with Crippen molar-refractivity contribution in [3.05, 3.63) is 28.2 Å². The molecule has 0 atom stereocenters. The van der Waals surface area contributed by atoms with E-state index < -0.39 is 5.41 Å². The number of carbonyl (C=O) groups excluding carboxylic acids is 2. The third kappa shape index (κ3) is 5.33. The van der Waals surface area contributed by atoms with E-state index >= 15 is 0 Å². The number of anilines is 1. The molecule has 0 fully saturated rings. The molecule has 1 aromatic carbocycles. The molecule has 0 saturated heterocycles. The summed E-state index contributed by atoms with van der Waals surface area (Å²) in [4.78, 5) is 23.4. The van der Waals surface area contributed by atoms with Crippen molar-refractivity contribution in [1.82, 2.24) is 5.32 Å². The number of halogens is 1. The number of rotatable bonds is 4. The van der Waals surface area contributed by atoms with Crippen molar-refractivity contribution in [2.45, 2.75) is 34.1 Å². The number of hydrogen-bond acceptors (Lipinski definition) is 2. The monoisotopic (exact) mass is 340 g/mol. The Morgan fingerprint density at radius 2 is 1.90 bits per heavy atom. The summed E-state index contributed by atoms with van der Waals surface area (Å²) >= 11 is 3.42. The van der Waals surface area contributed by atoms with Crippen molar-refractivity contribution in [2.24, 2.45) is 5.41 Å². The summed E-state index contributed by atoms with van der Waals surface area (Å²) in [6, 6.07) is 5.65. The van der Waals surface area contributed by atoms with Crippen LogP contribution < -0.4 is 10.6 Å². The molecule has 0 heterocycles. The van der Waals surface area contributed by atoms with E-state index in [0.717, 1.165) is 15.7 Å². The van der Waals surface area contributed by atoms with Gasteiger partial charge in [-0.25, -0.2) is 0 Å². The molecule has 0 aliphatic heterocycles. The quantitative estimate of drug-likeness (QED) is 0.883. The number of nitrogens with one attached hydrogen (secondary N) is 2. The fourth-order valence-electron chi connectivity index (χ4n) is 1.45. The third-order valence-electron chi connectivity index (χ3n) is 2.77. The molecule has 0 saturated carbocycles. The zero-order chi connectivity index (χ0) is 15.3. The maximum absolute atomic E-state index is 11.8. The van der Waals surface area contributed by atoms with E-state index in [1.54, 1.807) is 0 Å². The normalized spacial score (nSPS) is 11.1. The molecular weight excluding hydrogens is 320 g/mol. The molecule has 4 nitrogen and oxygen atoms in total. The van der Waals surface area contributed by atoms with Gasteiger partial charge in [-0.1, -0.05) is 42.8 Å². The number of amides is 2. The zero-order valence-electron chi connectivity index (χ0n) is 12.3. The largest absolute Gasteiger partial charge is 0.355 e. The summed E-state index contributed by atoms with van der Waals surface area (Å²) in [6.45, 7) is 7.84. The first kappa shape index (κ1) is 16.7. The molecule has 5 heteroatoms. The van der Waals surface area contributed by atoms with E-state index in [-0.39, 0.29) is 18.2 Å². The number of hydrogen-bond donors (Lipinski definition) is 2. The molecule has 110 valence electrons. The average molecular weight is 341 g/mol. The van der Waals surface area contributed by atoms with Crippen LogP contribution in [-0.4, -0.2) is 18.4 Å². The molecule has 0 radical (unpaired) electrons. The molecule has 1 aromatic rings. The third-order valence-corrected chi connectivity index (χ3v) is 3.63. The number of aryl methyl sites for hydroxylation is 1. The Hall–Kier alpha value is -1.36. The van der Waals surface area contributed by atoms with E-state index in [0.29, 0.717) is 6.54 Å². The Morgan fingerprint density at radius 1 is 1.25 bits per heavy atom. The van der Waals surface area contributed by atoms with Gasteiger partial charge in [-0.2, -0.15) is 0 Å². The fraction of sp³-hybridized carbons (Fsp3) is 0.467. The fourth-order valence-corrected chi connectivity index (χ4v) is 1.83. The van der Waals surface area contributed by atoms with E-state index in [1.807, 2.05) is 45.9 Å². The summed E-state index contributed by atoms with van der Waals surface area (Å²) in [5.41, 5.74) is 1.42. The van der Waals surface area contributed by atoms with E-state index in [9.17, 15) is 9.59 Å². The lowest BCUT2D eigenvalue weighted by Crippen LogP contribution is -2.36. The predicted octanol–water partition coefficient (Wildman–Crippen LogP) is 3.25. The standard InChI is InChI=1S/C15H21BrN2O2/c1-10-5-6-11(9-12(10)16)18-13(19)7-8-17-14(20)15(2,3)4/h5-6,9H,7-8H2,1-4H3,(H,17,20)(H,18,19). The molecule has 2 amide bonds. The lowest BCUT2D eigenvalue weighted by Gasteiger charge is -2.17. The maximum atomic E-state index is 11.8. The molecule has 0 unspecified atom stereocenters. The van der Waals surface area contributed by atoms with E-state index in [1.165, 1.54) is 0 Å². The van der Waals surface area contributed by atoms with Crippen molar-refractivity contribution in [3.8, 4) is 0 Å². The molecule has 1 rings (SSSR count). The van der Waals surface area contributed by atoms with Crippen LogP contribution in [0, 0.1) is 12.3 Å². The Balaban J connectivity index is 2.41. The van der Waals surface area contributed by atoms with Gasteiger partial charge in [0.1, 0.15) is 0 Å². The minimum atomic E-state index is -0.432. The molecule has 0 aliphatic rings. The molecule has 0 bridgehead atoms. The van der Waals surface area contributed by atoms with Crippen LogP contribution in [0.5, 0.6) is 0 Å². The highest BCUT2D eigenvalue weighted by Gasteiger charge is 2.20. The average Bonchev–Trinajstić information content (AvgIpc) is 2.32. The second-order valence-electron chi connectivity index (χ2n) is 5.77. The Bertz CT molecular complexity index is 507. The smallest absolute Gasteiger partial charge is 0.226 e. The van der Waals surface area contributed by atoms with Gasteiger partial charge >= 0.3 is 0 Å². The first-order chi connectivity index (χ1) is 9.20. The van der Waals surface area contributed by atoms with Crippen LogP contribution in [0.2, 0.25) is 0 Å². The minimum Gasteiger partial charge on any atom is -0.355 e. The number of carbonyl (C=O) groups is 2. The second-order valence-corrected chi connectivity index (χ2v) is 6.62. The summed E-state index contributed by atoms with van der Waals surface area (Å²) in [5, 5.41) is 5.55. The second kappa shape index (κ2) is 6.88. The van der Waals surface area contributed by atoms with Gasteiger partial charge in [-0.3, -0.25) is 9.59 Å². The zero-order valence-corrected chi connectivity index (χ0v) is 13.9. The first-order valence-electron chi connectivity index (χ1n) is 6.54. The lowest BCUT2D eigenvalue weighted by atomic mass is 9.96. The molecular formula is C15H21BrN2O2. The van der Waals surface area contributed by atoms with Crippen molar-refractivity contribution in [3.63, 3.8) is 0 Å². The molecule has 0 aliphatic carbocycles. The van der Waals surface area contributed by atoms with Gasteiger partial charge in [0.2, 0.25) is 11.8 Å². The topological polar surface area (TPSA) is 58.2 Å². The maximum Gasteiger partial charge on any atom is 0.226 e. The van der Waals surface area contributed by atoms with Crippen molar-refractivity contribution in [2.75, 3.05) is 11.9 Å². The minimum absolute atomic E-state index is 0.0524. The van der Waals surface area contributed by atoms with Crippen molar-refractivity contribution < 1.29 is 9.59 Å². The summed E-state index contributed by atoms with van der Waals surface area (Å²) in [7, 11) is 0. The van der Waals surface area contributed by atoms with Crippen molar-refractivity contribution >= 4 is 33.4 Å². The lowest BCUT2D eigenvalue weighted by molar-refractivity contribution is -0.128. The van der Waals surface area contributed by atoms with Crippen LogP contribution in [-0.2, 0) is 9.59 Å². The number of benzene rings is 1. The van der Waals surface area contributed by atoms with E-state index in [2.05, 4.69) is 26.6 Å². The van der Waals surface area contributed by atoms with Gasteiger partial charge in [0, 0.05) is 28.5 Å². The van der Waals surface area contributed by atoms with Gasteiger partial charge in [0.15, 0.2) is 0 Å². The molecule has 2 N–H and O–H groups in total. The highest BCUT2D eigenvalue weighted by Crippen LogP contribution is 2.20. The molecule has 0 spiro atoms. The summed E-state index contributed by atoms with van der Waals surface area (Å²) < 4.78 is 0.955. The Morgan fingerprint density at radius 3 is 2.45 bits per heavy atom. The van der Waals surface area contributed by atoms with E-state index in [4.69, 9.17) is 0 Å². The van der Waals surface area contributed by atoms with Crippen LogP contribution in [0.25, 0.3) is 0 Å². The molecule has 0 aromatic heterocycles. The van der Waals surface area contributed by atoms with Gasteiger partial charge in [-0.15, -0.1) is 0 Å². The van der Waals surface area contributed by atoms with Gasteiger partial charge in [0.05, 0.1) is 0 Å². The SMILES string of the molecule is Cc1ccc(NC(=O)CCNC(=O)C(C)(C)C)cc1Br. The highest BCUT2D eigenvalue weighted by molar-refractivity contribution is 9.10. The van der Waals surface area contributed by atoms with Gasteiger partial charge in [0.25, 0.3) is 0 Å². The Kier molecular flexibility index (Phi) is 5.74. The molecule has 20 heavy (non-hydrogen) atoms.